The first kappa shape index (κ1) is 28.1. The normalized spacial score (nSPS) is 10.2. The molecule has 0 saturated carbocycles. The molecular weight excluding hydrogens is 313 g/mol. The standard InChI is InChI=1S/C18H34O2.Ca.Mg.4H/c1-2-3-4-5-6-7-8-9-10-11-12-13-14-15-16-17-18(19)20;;;;;;/h9-10H,2-8,11-17H2,1H3,(H,19,20);;;;;;. The van der Waals surface area contributed by atoms with Crippen LogP contribution in [0.2, 0.25) is 0 Å². The number of hydrogen-bond acceptors (Lipinski definition) is 1. The summed E-state index contributed by atoms with van der Waals surface area (Å²) >= 11 is 0. The van der Waals surface area contributed by atoms with Gasteiger partial charge < -0.3 is 5.11 Å². The fraction of sp³-hybridized carbons (Fsp3) is 0.833. The minimum absolute atomic E-state index is 0. The van der Waals surface area contributed by atoms with E-state index in [0.29, 0.717) is 6.42 Å². The minimum atomic E-state index is -0.664. The summed E-state index contributed by atoms with van der Waals surface area (Å²) in [6.45, 7) is 2.26. The zero-order valence-corrected chi connectivity index (χ0v) is 13.4. The third-order valence-corrected chi connectivity index (χ3v) is 3.65. The van der Waals surface area contributed by atoms with Gasteiger partial charge in [0, 0.05) is 6.42 Å². The molecule has 0 aromatic carbocycles. The van der Waals surface area contributed by atoms with E-state index in [1.54, 1.807) is 0 Å². The molecule has 0 aliphatic carbocycles. The van der Waals surface area contributed by atoms with Crippen molar-refractivity contribution in [2.75, 3.05) is 0 Å². The molecule has 0 heterocycles. The second-order valence-corrected chi connectivity index (χ2v) is 5.73. The summed E-state index contributed by atoms with van der Waals surface area (Å²) < 4.78 is 0. The van der Waals surface area contributed by atoms with Gasteiger partial charge in [-0.3, -0.25) is 4.79 Å². The van der Waals surface area contributed by atoms with Crippen molar-refractivity contribution in [3.8, 4) is 0 Å². The van der Waals surface area contributed by atoms with Crippen LogP contribution in [0.3, 0.4) is 0 Å². The Balaban J connectivity index is -0.00000180. The van der Waals surface area contributed by atoms with Gasteiger partial charge in [0.25, 0.3) is 0 Å². The first-order chi connectivity index (χ1) is 9.77. The maximum atomic E-state index is 10.3. The molecule has 0 aromatic rings. The Morgan fingerprint density at radius 1 is 0.773 bits per heavy atom. The summed E-state index contributed by atoms with van der Waals surface area (Å²) in [6, 6.07) is 0. The van der Waals surface area contributed by atoms with Crippen molar-refractivity contribution < 1.29 is 9.90 Å². The van der Waals surface area contributed by atoms with Crippen LogP contribution in [0, 0.1) is 0 Å². The molecule has 126 valence electrons. The van der Waals surface area contributed by atoms with Crippen LogP contribution in [0.5, 0.6) is 0 Å². The molecule has 0 bridgehead atoms. The number of carboxylic acid groups (broad SMARTS) is 1. The number of carboxylic acids is 1. The van der Waals surface area contributed by atoms with Crippen LogP contribution in [0.1, 0.15) is 96.8 Å². The first-order valence-electron chi connectivity index (χ1n) is 8.64. The van der Waals surface area contributed by atoms with Gasteiger partial charge in [0.15, 0.2) is 0 Å². The Kier molecular flexibility index (Phi) is 31.2. The molecule has 4 heteroatoms. The van der Waals surface area contributed by atoms with Crippen molar-refractivity contribution in [1.29, 1.82) is 0 Å². The summed E-state index contributed by atoms with van der Waals surface area (Å²) in [4.78, 5) is 10.3. The molecule has 0 rings (SSSR count). The van der Waals surface area contributed by atoms with Crippen LogP contribution >= 0.6 is 0 Å². The van der Waals surface area contributed by atoms with Crippen molar-refractivity contribution in [3.63, 3.8) is 0 Å². The number of aliphatic carboxylic acids is 1. The topological polar surface area (TPSA) is 37.3 Å². The predicted molar refractivity (Wildman–Crippen MR) is 104 cm³/mol. The van der Waals surface area contributed by atoms with Crippen molar-refractivity contribution in [2.45, 2.75) is 96.8 Å². The predicted octanol–water partition coefficient (Wildman–Crippen LogP) is 4.28. The first-order valence-corrected chi connectivity index (χ1v) is 8.64. The van der Waals surface area contributed by atoms with E-state index in [9.17, 15) is 4.79 Å². The van der Waals surface area contributed by atoms with Crippen LogP contribution in [-0.4, -0.2) is 71.9 Å². The molecule has 0 spiro atoms. The number of unbranched alkanes of at least 4 members (excludes halogenated alkanes) is 11. The monoisotopic (exact) mass is 350 g/mol. The Bertz CT molecular complexity index is 245. The van der Waals surface area contributed by atoms with Gasteiger partial charge in [-0.1, -0.05) is 70.4 Å². The second-order valence-electron chi connectivity index (χ2n) is 5.73. The zero-order valence-electron chi connectivity index (χ0n) is 13.4. The molecule has 0 aliphatic heterocycles. The largest absolute Gasteiger partial charge is 0.316 e. The quantitative estimate of drug-likeness (QED) is 0.272. The van der Waals surface area contributed by atoms with Crippen molar-refractivity contribution in [1.82, 2.24) is 0 Å². The zero-order chi connectivity index (χ0) is 14.9. The van der Waals surface area contributed by atoms with Crippen LogP contribution in [-0.2, 0) is 4.79 Å². The molecule has 0 amide bonds. The Morgan fingerprint density at radius 3 is 1.64 bits per heavy atom. The molecule has 0 atom stereocenters. The maximum Gasteiger partial charge on any atom is 0.316 e. The average Bonchev–Trinajstić information content (AvgIpc) is 2.43. The molecule has 0 aliphatic rings. The third kappa shape index (κ3) is 26.1. The van der Waals surface area contributed by atoms with Gasteiger partial charge in [-0.05, 0) is 32.1 Å². The van der Waals surface area contributed by atoms with E-state index in [1.165, 1.54) is 70.6 Å². The average molecular weight is 351 g/mol. The van der Waals surface area contributed by atoms with Gasteiger partial charge in [0.05, 0.1) is 0 Å². The number of rotatable bonds is 15. The van der Waals surface area contributed by atoms with Crippen LogP contribution in [0.25, 0.3) is 0 Å². The molecule has 0 radical (unpaired) electrons. The van der Waals surface area contributed by atoms with Gasteiger partial charge in [-0.25, -0.2) is 0 Å². The number of allylic oxidation sites excluding steroid dienone is 2. The Hall–Kier alpha value is 1.24. The van der Waals surface area contributed by atoms with Gasteiger partial charge >= 0.3 is 66.8 Å². The van der Waals surface area contributed by atoms with Gasteiger partial charge in [0.2, 0.25) is 0 Å². The summed E-state index contributed by atoms with van der Waals surface area (Å²) in [5, 5.41) is 8.51. The van der Waals surface area contributed by atoms with E-state index in [2.05, 4.69) is 19.1 Å². The van der Waals surface area contributed by atoms with E-state index >= 15 is 0 Å². The molecule has 2 nitrogen and oxygen atoms in total. The van der Waals surface area contributed by atoms with Crippen LogP contribution in [0.4, 0.5) is 0 Å². The molecule has 1 N–H and O–H groups in total. The molecule has 22 heavy (non-hydrogen) atoms. The molecule has 0 unspecified atom stereocenters. The third-order valence-electron chi connectivity index (χ3n) is 3.65. The summed E-state index contributed by atoms with van der Waals surface area (Å²) in [5.74, 6) is -0.664. The molecule has 0 aromatic heterocycles. The second kappa shape index (κ2) is 24.5. The fourth-order valence-electron chi connectivity index (χ4n) is 2.35. The Labute approximate surface area is 184 Å². The van der Waals surface area contributed by atoms with Gasteiger partial charge in [-0.2, -0.15) is 0 Å². The van der Waals surface area contributed by atoms with Crippen molar-refractivity contribution in [2.24, 2.45) is 0 Å². The minimum Gasteiger partial charge on any atom is 0.316 e. The van der Waals surface area contributed by atoms with Gasteiger partial charge in [0.1, 0.15) is 0 Å². The SMILES string of the molecule is CCCCCCCCC=CCCCCCCCC(=O)O.[CaH2].[MgH2]. The summed E-state index contributed by atoms with van der Waals surface area (Å²) in [6.07, 6.45) is 21.2. The molecule has 0 saturated heterocycles. The van der Waals surface area contributed by atoms with Crippen molar-refractivity contribution in [3.05, 3.63) is 12.2 Å². The van der Waals surface area contributed by atoms with Crippen LogP contribution < -0.4 is 0 Å². The molecular formula is C18H38CaMgO2. The number of hydrogen-bond donors (Lipinski definition) is 1. The van der Waals surface area contributed by atoms with Gasteiger partial charge in [-0.15, -0.1) is 0 Å². The van der Waals surface area contributed by atoms with E-state index in [4.69, 9.17) is 5.11 Å². The summed E-state index contributed by atoms with van der Waals surface area (Å²) in [7, 11) is 0. The van der Waals surface area contributed by atoms with Crippen molar-refractivity contribution >= 4 is 66.8 Å². The van der Waals surface area contributed by atoms with E-state index in [1.807, 2.05) is 0 Å². The molecule has 0 fully saturated rings. The smallest absolute Gasteiger partial charge is 0.316 e. The van der Waals surface area contributed by atoms with E-state index in [-0.39, 0.29) is 60.8 Å². The summed E-state index contributed by atoms with van der Waals surface area (Å²) in [5.41, 5.74) is 0. The van der Waals surface area contributed by atoms with Crippen LogP contribution in [0.15, 0.2) is 12.2 Å². The Morgan fingerprint density at radius 2 is 1.18 bits per heavy atom. The maximum absolute atomic E-state index is 10.3. The van der Waals surface area contributed by atoms with E-state index < -0.39 is 5.97 Å². The number of carbonyl (C=O) groups is 1. The fourth-order valence-corrected chi connectivity index (χ4v) is 2.35. The van der Waals surface area contributed by atoms with E-state index in [0.717, 1.165) is 12.8 Å².